The second-order valence-corrected chi connectivity index (χ2v) is 5.05. The molecule has 0 heterocycles. The van der Waals surface area contributed by atoms with Crippen LogP contribution in [0.25, 0.3) is 0 Å². The number of amides is 1. The van der Waals surface area contributed by atoms with E-state index in [1.807, 2.05) is 12.1 Å². The summed E-state index contributed by atoms with van der Waals surface area (Å²) in [7, 11) is 3.12. The first-order chi connectivity index (χ1) is 11.0. The number of allylic oxidation sites excluding steroid dienone is 1. The number of nitrogens with one attached hydrogen (secondary N) is 1. The highest BCUT2D eigenvalue weighted by Gasteiger charge is 2.18. The van der Waals surface area contributed by atoms with Crippen LogP contribution in [0.3, 0.4) is 0 Å². The van der Waals surface area contributed by atoms with Gasteiger partial charge < -0.3 is 19.9 Å². The first-order valence-electron chi connectivity index (χ1n) is 7.35. The van der Waals surface area contributed by atoms with Crippen LogP contribution in [-0.2, 0) is 16.0 Å². The lowest BCUT2D eigenvalue weighted by molar-refractivity contribution is -0.142. The van der Waals surface area contributed by atoms with Crippen molar-refractivity contribution in [2.45, 2.75) is 31.7 Å². The number of methoxy groups -OCH3 is 2. The first kappa shape index (κ1) is 18.5. The van der Waals surface area contributed by atoms with Crippen molar-refractivity contribution in [2.24, 2.45) is 0 Å². The molecule has 0 saturated carbocycles. The van der Waals surface area contributed by atoms with E-state index in [4.69, 9.17) is 14.6 Å². The van der Waals surface area contributed by atoms with Crippen molar-refractivity contribution in [1.29, 1.82) is 0 Å². The fraction of sp³-hybridized carbons (Fsp3) is 0.412. The summed E-state index contributed by atoms with van der Waals surface area (Å²) in [6, 6.07) is 4.50. The molecule has 0 aliphatic rings. The van der Waals surface area contributed by atoms with Gasteiger partial charge in [0.05, 0.1) is 14.2 Å². The number of ether oxygens (including phenoxy) is 2. The SMILES string of the molecule is C=CCCC(NC(=O)CCc1cc(OC)cc(OC)c1)C(=O)O. The Kier molecular flexibility index (Phi) is 7.66. The minimum Gasteiger partial charge on any atom is -0.497 e. The lowest BCUT2D eigenvalue weighted by atomic mass is 10.1. The van der Waals surface area contributed by atoms with Gasteiger partial charge in [0.25, 0.3) is 0 Å². The number of rotatable bonds is 10. The molecule has 0 aliphatic carbocycles. The smallest absolute Gasteiger partial charge is 0.326 e. The van der Waals surface area contributed by atoms with Gasteiger partial charge in [-0.3, -0.25) is 4.79 Å². The van der Waals surface area contributed by atoms with E-state index < -0.39 is 12.0 Å². The maximum atomic E-state index is 11.9. The van der Waals surface area contributed by atoms with Gasteiger partial charge in [-0.25, -0.2) is 4.79 Å². The fourth-order valence-corrected chi connectivity index (χ4v) is 2.08. The Balaban J connectivity index is 2.61. The second-order valence-electron chi connectivity index (χ2n) is 5.05. The number of carbonyl (C=O) groups excluding carboxylic acids is 1. The molecule has 0 fully saturated rings. The van der Waals surface area contributed by atoms with Gasteiger partial charge in [-0.05, 0) is 37.0 Å². The molecular weight excluding hydrogens is 298 g/mol. The highest BCUT2D eigenvalue weighted by molar-refractivity contribution is 5.83. The first-order valence-corrected chi connectivity index (χ1v) is 7.35. The lowest BCUT2D eigenvalue weighted by Crippen LogP contribution is -2.40. The van der Waals surface area contributed by atoms with Crippen LogP contribution in [0, 0.1) is 0 Å². The average Bonchev–Trinajstić information content (AvgIpc) is 2.55. The van der Waals surface area contributed by atoms with Crippen molar-refractivity contribution in [3.8, 4) is 11.5 Å². The van der Waals surface area contributed by atoms with Crippen LogP contribution in [0.4, 0.5) is 0 Å². The number of aliphatic carboxylic acids is 1. The normalized spacial score (nSPS) is 11.4. The van der Waals surface area contributed by atoms with Crippen molar-refractivity contribution in [3.63, 3.8) is 0 Å². The molecule has 1 aromatic carbocycles. The lowest BCUT2D eigenvalue weighted by Gasteiger charge is -2.14. The van der Waals surface area contributed by atoms with Gasteiger partial charge in [0.1, 0.15) is 17.5 Å². The molecule has 1 amide bonds. The summed E-state index contributed by atoms with van der Waals surface area (Å²) in [6.07, 6.45) is 3.15. The summed E-state index contributed by atoms with van der Waals surface area (Å²) in [5.41, 5.74) is 0.884. The third-order valence-corrected chi connectivity index (χ3v) is 3.34. The van der Waals surface area contributed by atoms with Crippen molar-refractivity contribution in [3.05, 3.63) is 36.4 Å². The summed E-state index contributed by atoms with van der Waals surface area (Å²) in [5, 5.41) is 11.6. The summed E-state index contributed by atoms with van der Waals surface area (Å²) in [5.74, 6) is -0.0465. The largest absolute Gasteiger partial charge is 0.497 e. The Bertz CT molecular complexity index is 534. The molecule has 0 saturated heterocycles. The molecule has 6 heteroatoms. The Morgan fingerprint density at radius 1 is 1.26 bits per heavy atom. The van der Waals surface area contributed by atoms with E-state index in [0.717, 1.165) is 5.56 Å². The zero-order valence-electron chi connectivity index (χ0n) is 13.5. The summed E-state index contributed by atoms with van der Waals surface area (Å²) in [4.78, 5) is 23.0. The van der Waals surface area contributed by atoms with Crippen molar-refractivity contribution >= 4 is 11.9 Å². The minimum absolute atomic E-state index is 0.189. The fourth-order valence-electron chi connectivity index (χ4n) is 2.08. The van der Waals surface area contributed by atoms with Crippen molar-refractivity contribution < 1.29 is 24.2 Å². The molecule has 0 bridgehead atoms. The quantitative estimate of drug-likeness (QED) is 0.645. The van der Waals surface area contributed by atoms with Crippen LogP contribution in [0.1, 0.15) is 24.8 Å². The summed E-state index contributed by atoms with van der Waals surface area (Å²) >= 11 is 0. The van der Waals surface area contributed by atoms with E-state index in [1.165, 1.54) is 0 Å². The molecule has 1 aromatic rings. The Morgan fingerprint density at radius 2 is 1.87 bits per heavy atom. The van der Waals surface area contributed by atoms with Gasteiger partial charge in [0.2, 0.25) is 5.91 Å². The number of carboxylic acids is 1. The third kappa shape index (κ3) is 6.42. The number of hydrogen-bond acceptors (Lipinski definition) is 4. The van der Waals surface area contributed by atoms with E-state index in [-0.39, 0.29) is 12.3 Å². The molecule has 6 nitrogen and oxygen atoms in total. The standard InChI is InChI=1S/C17H23NO5/c1-4-5-6-15(17(20)21)18-16(19)8-7-12-9-13(22-2)11-14(10-12)23-3/h4,9-11,15H,1,5-8H2,2-3H3,(H,18,19)(H,20,21). The molecule has 126 valence electrons. The maximum Gasteiger partial charge on any atom is 0.326 e. The number of carboxylic acid groups (broad SMARTS) is 1. The van der Waals surface area contributed by atoms with E-state index in [2.05, 4.69) is 11.9 Å². The molecule has 2 N–H and O–H groups in total. The van der Waals surface area contributed by atoms with Gasteiger partial charge in [0.15, 0.2) is 0 Å². The average molecular weight is 321 g/mol. The molecule has 0 radical (unpaired) electrons. The molecular formula is C17H23NO5. The minimum atomic E-state index is -1.04. The van der Waals surface area contributed by atoms with E-state index >= 15 is 0 Å². The zero-order valence-corrected chi connectivity index (χ0v) is 13.5. The highest BCUT2D eigenvalue weighted by atomic mass is 16.5. The Hall–Kier alpha value is -2.50. The van der Waals surface area contributed by atoms with Gasteiger partial charge >= 0.3 is 5.97 Å². The molecule has 23 heavy (non-hydrogen) atoms. The highest BCUT2D eigenvalue weighted by Crippen LogP contribution is 2.23. The molecule has 0 aromatic heterocycles. The molecule has 1 rings (SSSR count). The maximum absolute atomic E-state index is 11.9. The van der Waals surface area contributed by atoms with E-state index in [9.17, 15) is 9.59 Å². The van der Waals surface area contributed by atoms with Crippen molar-refractivity contribution in [1.82, 2.24) is 5.32 Å². The summed E-state index contributed by atoms with van der Waals surface area (Å²) in [6.45, 7) is 3.55. The molecule has 1 unspecified atom stereocenters. The molecule has 0 spiro atoms. The van der Waals surface area contributed by atoms with Crippen LogP contribution in [0.15, 0.2) is 30.9 Å². The van der Waals surface area contributed by atoms with Gasteiger partial charge in [-0.1, -0.05) is 6.08 Å². The topological polar surface area (TPSA) is 84.9 Å². The third-order valence-electron chi connectivity index (χ3n) is 3.34. The number of benzene rings is 1. The number of hydrogen-bond donors (Lipinski definition) is 2. The van der Waals surface area contributed by atoms with Crippen LogP contribution in [-0.4, -0.2) is 37.2 Å². The molecule has 1 atom stereocenters. The van der Waals surface area contributed by atoms with Gasteiger partial charge in [-0.15, -0.1) is 6.58 Å². The van der Waals surface area contributed by atoms with Crippen LogP contribution >= 0.6 is 0 Å². The number of aryl methyl sites for hydroxylation is 1. The Morgan fingerprint density at radius 3 is 2.35 bits per heavy atom. The summed E-state index contributed by atoms with van der Waals surface area (Å²) < 4.78 is 10.4. The zero-order chi connectivity index (χ0) is 17.2. The monoisotopic (exact) mass is 321 g/mol. The van der Waals surface area contributed by atoms with Gasteiger partial charge in [0, 0.05) is 12.5 Å². The van der Waals surface area contributed by atoms with Crippen molar-refractivity contribution in [2.75, 3.05) is 14.2 Å². The van der Waals surface area contributed by atoms with Crippen LogP contribution < -0.4 is 14.8 Å². The van der Waals surface area contributed by atoms with E-state index in [1.54, 1.807) is 26.4 Å². The second kappa shape index (κ2) is 9.50. The van der Waals surface area contributed by atoms with E-state index in [0.29, 0.717) is 30.8 Å². The molecule has 0 aliphatic heterocycles. The predicted molar refractivity (Wildman–Crippen MR) is 86.9 cm³/mol. The number of carbonyl (C=O) groups is 2. The Labute approximate surface area is 136 Å². The predicted octanol–water partition coefficient (Wildman–Crippen LogP) is 2.17. The van der Waals surface area contributed by atoms with Crippen LogP contribution in [0.2, 0.25) is 0 Å². The van der Waals surface area contributed by atoms with Gasteiger partial charge in [-0.2, -0.15) is 0 Å². The van der Waals surface area contributed by atoms with Crippen LogP contribution in [0.5, 0.6) is 11.5 Å².